The van der Waals surface area contributed by atoms with E-state index < -0.39 is 5.41 Å². The lowest BCUT2D eigenvalue weighted by Crippen LogP contribution is -2.34. The maximum absolute atomic E-state index is 6.33. The second-order valence-electron chi connectivity index (χ2n) is 6.72. The van der Waals surface area contributed by atoms with Crippen molar-refractivity contribution in [2.75, 3.05) is 0 Å². The minimum Gasteiger partial charge on any atom is -0.457 e. The van der Waals surface area contributed by atoms with Crippen molar-refractivity contribution in [2.45, 2.75) is 5.41 Å². The zero-order chi connectivity index (χ0) is 18.3. The normalized spacial score (nSPS) is 14.0. The molecule has 0 saturated heterocycles. The summed E-state index contributed by atoms with van der Waals surface area (Å²) in [5, 5.41) is 0. The third-order valence-electron chi connectivity index (χ3n) is 5.27. The molecule has 0 radical (unpaired) electrons. The van der Waals surface area contributed by atoms with Crippen LogP contribution in [0.4, 0.5) is 0 Å². The Kier molecular flexibility index (Phi) is 4.01. The van der Waals surface area contributed by atoms with E-state index in [0.29, 0.717) is 0 Å². The number of hydrogen-bond donors (Lipinski definition) is 0. The Labute approximate surface area is 172 Å². The number of benzene rings is 4. The van der Waals surface area contributed by atoms with Gasteiger partial charge in [-0.3, -0.25) is 0 Å². The Morgan fingerprint density at radius 1 is 0.556 bits per heavy atom. The van der Waals surface area contributed by atoms with Gasteiger partial charge < -0.3 is 4.74 Å². The summed E-state index contributed by atoms with van der Waals surface area (Å²) in [6.45, 7) is 0. The van der Waals surface area contributed by atoms with Crippen LogP contribution in [0.1, 0.15) is 22.3 Å². The molecule has 0 unspecified atom stereocenters. The van der Waals surface area contributed by atoms with Crippen molar-refractivity contribution in [2.24, 2.45) is 0 Å². The molecule has 1 aliphatic rings. The molecule has 4 aromatic rings. The molecule has 1 heterocycles. The summed E-state index contributed by atoms with van der Waals surface area (Å²) < 4.78 is 7.53. The highest BCUT2D eigenvalue weighted by Crippen LogP contribution is 2.55. The van der Waals surface area contributed by atoms with Crippen LogP contribution in [0.3, 0.4) is 0 Å². The Balaban J connectivity index is 1.98. The fraction of sp³-hybridized carbons (Fsp3) is 0.0400. The van der Waals surface area contributed by atoms with E-state index in [-0.39, 0.29) is 0 Å². The Morgan fingerprint density at radius 3 is 1.78 bits per heavy atom. The summed E-state index contributed by atoms with van der Waals surface area (Å²) in [6.07, 6.45) is 0. The SMILES string of the molecule is Ic1ccc2c(c1)C(c1ccccc1)(c1ccccc1)c1ccccc1O2. The van der Waals surface area contributed by atoms with Gasteiger partial charge in [0, 0.05) is 14.7 Å². The van der Waals surface area contributed by atoms with Crippen molar-refractivity contribution in [1.82, 2.24) is 0 Å². The predicted molar refractivity (Wildman–Crippen MR) is 118 cm³/mol. The van der Waals surface area contributed by atoms with E-state index in [1.165, 1.54) is 25.8 Å². The van der Waals surface area contributed by atoms with Crippen LogP contribution < -0.4 is 4.74 Å². The van der Waals surface area contributed by atoms with Gasteiger partial charge in [-0.15, -0.1) is 0 Å². The number of fused-ring (bicyclic) bond motifs is 2. The monoisotopic (exact) mass is 460 g/mol. The fourth-order valence-electron chi connectivity index (χ4n) is 4.18. The van der Waals surface area contributed by atoms with E-state index in [9.17, 15) is 0 Å². The fourth-order valence-corrected chi connectivity index (χ4v) is 4.67. The summed E-state index contributed by atoms with van der Waals surface area (Å²) in [5.74, 6) is 1.83. The molecule has 0 N–H and O–H groups in total. The molecule has 5 rings (SSSR count). The van der Waals surface area contributed by atoms with Gasteiger partial charge in [-0.1, -0.05) is 78.9 Å². The Hall–Kier alpha value is -2.59. The van der Waals surface area contributed by atoms with Crippen LogP contribution in [0.25, 0.3) is 0 Å². The third-order valence-corrected chi connectivity index (χ3v) is 5.94. The quantitative estimate of drug-likeness (QED) is 0.264. The van der Waals surface area contributed by atoms with Gasteiger partial charge in [-0.25, -0.2) is 0 Å². The molecule has 130 valence electrons. The molecular weight excluding hydrogens is 443 g/mol. The van der Waals surface area contributed by atoms with E-state index in [1.54, 1.807) is 0 Å². The van der Waals surface area contributed by atoms with E-state index in [1.807, 2.05) is 6.07 Å². The average Bonchev–Trinajstić information content (AvgIpc) is 2.73. The van der Waals surface area contributed by atoms with Crippen molar-refractivity contribution in [3.05, 3.63) is 129 Å². The minimum absolute atomic E-state index is 0.409. The van der Waals surface area contributed by atoms with Gasteiger partial charge in [0.2, 0.25) is 0 Å². The third kappa shape index (κ3) is 2.51. The maximum Gasteiger partial charge on any atom is 0.132 e. The van der Waals surface area contributed by atoms with Gasteiger partial charge in [0.15, 0.2) is 0 Å². The second kappa shape index (κ2) is 6.54. The first kappa shape index (κ1) is 16.6. The van der Waals surface area contributed by atoms with Crippen molar-refractivity contribution >= 4 is 22.6 Å². The first-order chi connectivity index (χ1) is 13.3. The van der Waals surface area contributed by atoms with Gasteiger partial charge in [-0.2, -0.15) is 0 Å². The molecule has 0 atom stereocenters. The highest BCUT2D eigenvalue weighted by atomic mass is 127. The van der Waals surface area contributed by atoms with Crippen molar-refractivity contribution in [3.63, 3.8) is 0 Å². The lowest BCUT2D eigenvalue weighted by atomic mass is 9.64. The summed E-state index contributed by atoms with van der Waals surface area (Å²) >= 11 is 2.39. The zero-order valence-corrected chi connectivity index (χ0v) is 16.8. The maximum atomic E-state index is 6.33. The largest absolute Gasteiger partial charge is 0.457 e. The smallest absolute Gasteiger partial charge is 0.132 e. The topological polar surface area (TPSA) is 9.23 Å². The number of halogens is 1. The highest BCUT2D eigenvalue weighted by Gasteiger charge is 2.45. The van der Waals surface area contributed by atoms with Crippen LogP contribution in [-0.4, -0.2) is 0 Å². The molecule has 27 heavy (non-hydrogen) atoms. The van der Waals surface area contributed by atoms with Crippen molar-refractivity contribution < 1.29 is 4.74 Å². The predicted octanol–water partition coefficient (Wildman–Crippen LogP) is 6.78. The van der Waals surface area contributed by atoms with Crippen molar-refractivity contribution in [1.29, 1.82) is 0 Å². The van der Waals surface area contributed by atoms with Gasteiger partial charge in [-0.05, 0) is 58.0 Å². The summed E-state index contributed by atoms with van der Waals surface area (Å²) in [5.41, 5.74) is 4.45. The summed E-state index contributed by atoms with van der Waals surface area (Å²) in [7, 11) is 0. The molecule has 0 aliphatic carbocycles. The lowest BCUT2D eigenvalue weighted by molar-refractivity contribution is 0.434. The Bertz CT molecular complexity index is 1060. The summed E-state index contributed by atoms with van der Waals surface area (Å²) in [6, 6.07) is 36.3. The first-order valence-electron chi connectivity index (χ1n) is 8.98. The molecule has 0 aromatic heterocycles. The first-order valence-corrected chi connectivity index (χ1v) is 10.1. The van der Waals surface area contributed by atoms with Gasteiger partial charge in [0.1, 0.15) is 11.5 Å². The van der Waals surface area contributed by atoms with E-state index in [4.69, 9.17) is 4.74 Å². The molecule has 0 bridgehead atoms. The molecule has 2 heteroatoms. The molecular formula is C25H17IO. The van der Waals surface area contributed by atoms with Crippen LogP contribution in [0.5, 0.6) is 11.5 Å². The average molecular weight is 460 g/mol. The van der Waals surface area contributed by atoms with Gasteiger partial charge in [0.25, 0.3) is 0 Å². The molecule has 4 aromatic carbocycles. The molecule has 1 aliphatic heterocycles. The number of rotatable bonds is 2. The standard InChI is InChI=1S/C25H17IO/c26-20-15-16-24-22(17-20)25(18-9-3-1-4-10-18,19-11-5-2-6-12-19)21-13-7-8-14-23(21)27-24/h1-17H. The van der Waals surface area contributed by atoms with Crippen LogP contribution in [0.15, 0.2) is 103 Å². The van der Waals surface area contributed by atoms with E-state index in [2.05, 4.69) is 120 Å². The molecule has 0 fully saturated rings. The number of hydrogen-bond acceptors (Lipinski definition) is 1. The van der Waals surface area contributed by atoms with Crippen LogP contribution in [-0.2, 0) is 5.41 Å². The van der Waals surface area contributed by atoms with Crippen LogP contribution in [0.2, 0.25) is 0 Å². The Morgan fingerprint density at radius 2 is 1.11 bits per heavy atom. The second-order valence-corrected chi connectivity index (χ2v) is 7.97. The van der Waals surface area contributed by atoms with Gasteiger partial charge >= 0.3 is 0 Å². The molecule has 0 spiro atoms. The van der Waals surface area contributed by atoms with E-state index >= 15 is 0 Å². The molecule has 0 amide bonds. The van der Waals surface area contributed by atoms with Crippen LogP contribution in [0, 0.1) is 3.57 Å². The molecule has 1 nitrogen and oxygen atoms in total. The van der Waals surface area contributed by atoms with E-state index in [0.717, 1.165) is 11.5 Å². The lowest BCUT2D eigenvalue weighted by Gasteiger charge is -2.41. The minimum atomic E-state index is -0.409. The number of para-hydroxylation sites is 1. The summed E-state index contributed by atoms with van der Waals surface area (Å²) in [4.78, 5) is 0. The van der Waals surface area contributed by atoms with Gasteiger partial charge in [0.05, 0.1) is 5.41 Å². The highest BCUT2D eigenvalue weighted by molar-refractivity contribution is 14.1. The number of ether oxygens (including phenoxy) is 1. The molecule has 0 saturated carbocycles. The van der Waals surface area contributed by atoms with Crippen LogP contribution >= 0.6 is 22.6 Å². The van der Waals surface area contributed by atoms with Crippen molar-refractivity contribution in [3.8, 4) is 11.5 Å². The zero-order valence-electron chi connectivity index (χ0n) is 14.6.